The number of fused-ring (bicyclic) bond motifs is 5. The molecule has 4 saturated carbocycles. The van der Waals surface area contributed by atoms with E-state index in [1.54, 1.807) is 6.07 Å². The number of hydrogen-bond acceptors (Lipinski definition) is 4. The lowest BCUT2D eigenvalue weighted by atomic mass is 9.44. The van der Waals surface area contributed by atoms with E-state index in [9.17, 15) is 9.18 Å². The highest BCUT2D eigenvalue weighted by atomic mass is 19.1. The van der Waals surface area contributed by atoms with E-state index in [0.717, 1.165) is 42.4 Å². The van der Waals surface area contributed by atoms with Crippen LogP contribution in [-0.2, 0) is 4.79 Å². The summed E-state index contributed by atoms with van der Waals surface area (Å²) >= 11 is 0. The Balaban J connectivity index is 0.000000617. The predicted molar refractivity (Wildman–Crippen MR) is 157 cm³/mol. The molecule has 8 unspecified atom stereocenters. The minimum atomic E-state index is -0.394. The average Bonchev–Trinajstić information content (AvgIpc) is 3.22. The third-order valence-corrected chi connectivity index (χ3v) is 11.8. The van der Waals surface area contributed by atoms with Gasteiger partial charge < -0.3 is 10.7 Å². The van der Waals surface area contributed by atoms with Crippen LogP contribution in [0.4, 0.5) is 15.8 Å². The lowest BCUT2D eigenvalue weighted by molar-refractivity contribution is -0.135. The highest BCUT2D eigenvalue weighted by molar-refractivity contribution is 5.87. The van der Waals surface area contributed by atoms with Gasteiger partial charge in [-0.2, -0.15) is 0 Å². The number of nitrogen functional groups attached to an aromatic ring is 1. The number of Topliss-reactive ketones (excluding diaryl/α,β-unsaturated/α-hetero) is 1. The number of anilines is 2. The fourth-order valence-corrected chi connectivity index (χ4v) is 9.15. The van der Waals surface area contributed by atoms with Crippen molar-refractivity contribution in [2.24, 2.45) is 58.1 Å². The van der Waals surface area contributed by atoms with Crippen molar-refractivity contribution in [2.75, 3.05) is 17.3 Å². The molecule has 0 radical (unpaired) electrons. The third-order valence-electron chi connectivity index (χ3n) is 11.8. The van der Waals surface area contributed by atoms with Gasteiger partial charge in [-0.15, -0.1) is 0 Å². The largest absolute Gasteiger partial charge is 0.397 e. The first-order valence-corrected chi connectivity index (χ1v) is 15.5. The van der Waals surface area contributed by atoms with Gasteiger partial charge >= 0.3 is 0 Å². The molecule has 1 aromatic carbocycles. The minimum Gasteiger partial charge on any atom is -0.397 e. The first-order valence-electron chi connectivity index (χ1n) is 15.5. The minimum absolute atomic E-state index is 0.0630. The number of hydrogen-bond donors (Lipinski definition) is 2. The number of rotatable bonds is 5. The van der Waals surface area contributed by atoms with Crippen molar-refractivity contribution in [1.82, 2.24) is 0 Å². The van der Waals surface area contributed by atoms with Crippen LogP contribution in [0.15, 0.2) is 18.2 Å². The van der Waals surface area contributed by atoms with Gasteiger partial charge in [0.05, 0.1) is 17.9 Å². The van der Waals surface area contributed by atoms with Crippen LogP contribution in [0.1, 0.15) is 106 Å². The Morgan fingerprint density at radius 2 is 1.71 bits per heavy atom. The SMILES string of the molecule is CC1CCC2(C)C(CCC3C2CCC2(C)C(C(=O)CN(N)c4ccc(F)cc4N)CCC32)C1.CCC(C)C. The molecule has 4 aliphatic rings. The van der Waals surface area contributed by atoms with Gasteiger partial charge in [-0.3, -0.25) is 4.79 Å². The molecule has 5 heteroatoms. The first-order chi connectivity index (χ1) is 17.9. The Kier molecular flexibility index (Phi) is 8.86. The Hall–Kier alpha value is -1.62. The zero-order chi connectivity index (χ0) is 27.8. The predicted octanol–water partition coefficient (Wildman–Crippen LogP) is 8.00. The molecule has 4 aliphatic carbocycles. The monoisotopic (exact) mass is 527 g/mol. The fourth-order valence-electron chi connectivity index (χ4n) is 9.15. The molecule has 0 spiro atoms. The summed E-state index contributed by atoms with van der Waals surface area (Å²) in [6.07, 6.45) is 12.8. The number of carbonyl (C=O) groups is 1. The van der Waals surface area contributed by atoms with Crippen molar-refractivity contribution in [2.45, 2.75) is 106 Å². The Morgan fingerprint density at radius 1 is 1.05 bits per heavy atom. The van der Waals surface area contributed by atoms with Gasteiger partial charge in [0.2, 0.25) is 0 Å². The van der Waals surface area contributed by atoms with Crippen molar-refractivity contribution in [3.8, 4) is 0 Å². The van der Waals surface area contributed by atoms with E-state index in [1.165, 1.54) is 68.5 Å². The maximum absolute atomic E-state index is 13.5. The maximum Gasteiger partial charge on any atom is 0.157 e. The zero-order valence-electron chi connectivity index (χ0n) is 24.9. The van der Waals surface area contributed by atoms with Gasteiger partial charge in [-0.1, -0.05) is 54.4 Å². The summed E-state index contributed by atoms with van der Waals surface area (Å²) in [5.74, 6) is 11.1. The third kappa shape index (κ3) is 5.51. The highest BCUT2D eigenvalue weighted by Gasteiger charge is 2.61. The lowest BCUT2D eigenvalue weighted by Crippen LogP contribution is -2.54. The molecule has 0 heterocycles. The summed E-state index contributed by atoms with van der Waals surface area (Å²) in [5, 5.41) is 1.41. The second-order valence-electron chi connectivity index (χ2n) is 14.3. The molecule has 214 valence electrons. The van der Waals surface area contributed by atoms with Crippen LogP contribution in [-0.4, -0.2) is 12.3 Å². The van der Waals surface area contributed by atoms with E-state index in [0.29, 0.717) is 17.0 Å². The smallest absolute Gasteiger partial charge is 0.157 e. The van der Waals surface area contributed by atoms with Crippen LogP contribution >= 0.6 is 0 Å². The van der Waals surface area contributed by atoms with Gasteiger partial charge in [0, 0.05) is 5.92 Å². The molecule has 0 aromatic heterocycles. The van der Waals surface area contributed by atoms with Crippen molar-refractivity contribution < 1.29 is 9.18 Å². The summed E-state index contributed by atoms with van der Waals surface area (Å²) < 4.78 is 13.4. The van der Waals surface area contributed by atoms with Crippen LogP contribution in [0.3, 0.4) is 0 Å². The molecule has 5 rings (SSSR count). The van der Waals surface area contributed by atoms with Gasteiger partial charge in [-0.05, 0) is 116 Å². The number of halogens is 1. The Morgan fingerprint density at radius 3 is 2.37 bits per heavy atom. The van der Waals surface area contributed by atoms with Crippen molar-refractivity contribution in [3.63, 3.8) is 0 Å². The second kappa shape index (κ2) is 11.5. The first kappa shape index (κ1) is 29.4. The van der Waals surface area contributed by atoms with E-state index >= 15 is 0 Å². The van der Waals surface area contributed by atoms with E-state index in [-0.39, 0.29) is 29.3 Å². The van der Waals surface area contributed by atoms with Crippen LogP contribution in [0, 0.1) is 58.1 Å². The van der Waals surface area contributed by atoms with Gasteiger partial charge in [0.15, 0.2) is 5.78 Å². The molecule has 0 bridgehead atoms. The van der Waals surface area contributed by atoms with E-state index in [1.807, 2.05) is 0 Å². The standard InChI is InChI=1S/C28H42FN3O.C5H12/c1-17-10-12-27(2)18(14-17)4-6-20-21-7-8-23(28(21,3)13-11-22(20)27)26(33)16-32(31)25-9-5-19(29)15-24(25)30;1-4-5(2)3/h5,9,15,17-18,20-23H,4,6-8,10-14,16,30-31H2,1-3H3;5H,4H2,1-3H3. The topological polar surface area (TPSA) is 72.3 Å². The number of ketones is 1. The van der Waals surface area contributed by atoms with Crippen molar-refractivity contribution in [1.29, 1.82) is 0 Å². The number of nitrogens with two attached hydrogens (primary N) is 2. The van der Waals surface area contributed by atoms with Crippen LogP contribution in [0.2, 0.25) is 0 Å². The van der Waals surface area contributed by atoms with E-state index < -0.39 is 5.82 Å². The highest BCUT2D eigenvalue weighted by Crippen LogP contribution is 2.67. The zero-order valence-corrected chi connectivity index (χ0v) is 24.9. The quantitative estimate of drug-likeness (QED) is 0.231. The number of carbonyl (C=O) groups excluding carboxylic acids is 1. The molecule has 1 aromatic rings. The normalized spacial score (nSPS) is 37.9. The molecule has 4 nitrogen and oxygen atoms in total. The second-order valence-corrected chi connectivity index (χ2v) is 14.3. The summed E-state index contributed by atoms with van der Waals surface area (Å²) in [6.45, 7) is 14.2. The molecule has 0 saturated heterocycles. The molecular weight excluding hydrogens is 473 g/mol. The molecule has 4 fully saturated rings. The van der Waals surface area contributed by atoms with Crippen LogP contribution in [0.25, 0.3) is 0 Å². The summed E-state index contributed by atoms with van der Waals surface area (Å²) in [4.78, 5) is 13.5. The summed E-state index contributed by atoms with van der Waals surface area (Å²) in [7, 11) is 0. The van der Waals surface area contributed by atoms with Crippen molar-refractivity contribution in [3.05, 3.63) is 24.0 Å². The van der Waals surface area contributed by atoms with E-state index in [2.05, 4.69) is 41.5 Å². The maximum atomic E-state index is 13.5. The fraction of sp³-hybridized carbons (Fsp3) is 0.788. The molecule has 4 N–H and O–H groups in total. The molecule has 38 heavy (non-hydrogen) atoms. The van der Waals surface area contributed by atoms with Crippen LogP contribution < -0.4 is 16.6 Å². The summed E-state index contributed by atoms with van der Waals surface area (Å²) in [6, 6.07) is 4.16. The molecule has 0 amide bonds. The molecular formula is C33H54FN3O. The number of nitrogens with zero attached hydrogens (tertiary/aromatic N) is 1. The number of hydrazine groups is 1. The lowest BCUT2D eigenvalue weighted by Gasteiger charge is -2.61. The molecule has 0 aliphatic heterocycles. The van der Waals surface area contributed by atoms with Crippen molar-refractivity contribution >= 4 is 17.2 Å². The van der Waals surface area contributed by atoms with Gasteiger partial charge in [0.1, 0.15) is 5.82 Å². The Labute approximate surface area is 231 Å². The molecule has 8 atom stereocenters. The average molecular weight is 528 g/mol. The summed E-state index contributed by atoms with van der Waals surface area (Å²) in [5.41, 5.74) is 7.34. The van der Waals surface area contributed by atoms with Gasteiger partial charge in [0.25, 0.3) is 0 Å². The number of benzene rings is 1. The Bertz CT molecular complexity index is 981. The van der Waals surface area contributed by atoms with E-state index in [4.69, 9.17) is 11.6 Å². The van der Waals surface area contributed by atoms with Crippen LogP contribution in [0.5, 0.6) is 0 Å². The van der Waals surface area contributed by atoms with Gasteiger partial charge in [-0.25, -0.2) is 10.2 Å².